The van der Waals surface area contributed by atoms with Crippen molar-refractivity contribution in [3.05, 3.63) is 42.0 Å². The Bertz CT molecular complexity index is 1190. The zero-order chi connectivity index (χ0) is 25.9. The lowest BCUT2D eigenvalue weighted by atomic mass is 9.89. The molecule has 37 heavy (non-hydrogen) atoms. The summed E-state index contributed by atoms with van der Waals surface area (Å²) in [6, 6.07) is 13.6. The number of piperazine rings is 1. The molecular formula is C27H37N7O3. The molecule has 2 aromatic heterocycles. The Morgan fingerprint density at radius 1 is 1.00 bits per heavy atom. The highest BCUT2D eigenvalue weighted by atomic mass is 16.5. The lowest BCUT2D eigenvalue weighted by molar-refractivity contribution is -0.133. The molecule has 10 nitrogen and oxygen atoms in total. The number of amides is 1. The second-order valence-electron chi connectivity index (χ2n) is 10.2. The zero-order valence-corrected chi connectivity index (χ0v) is 22.2. The number of piperidine rings is 1. The highest BCUT2D eigenvalue weighted by Gasteiger charge is 2.30. The van der Waals surface area contributed by atoms with Crippen molar-refractivity contribution in [2.75, 3.05) is 51.3 Å². The van der Waals surface area contributed by atoms with Crippen LogP contribution in [0.25, 0.3) is 5.65 Å². The predicted octanol–water partition coefficient (Wildman–Crippen LogP) is 2.84. The summed E-state index contributed by atoms with van der Waals surface area (Å²) in [5, 5.41) is 12.8. The van der Waals surface area contributed by atoms with Crippen molar-refractivity contribution in [1.82, 2.24) is 29.6 Å². The van der Waals surface area contributed by atoms with Crippen LogP contribution in [0.5, 0.6) is 11.8 Å². The third-order valence-corrected chi connectivity index (χ3v) is 7.74. The van der Waals surface area contributed by atoms with Crippen molar-refractivity contribution >= 4 is 17.4 Å². The number of anilines is 1. The molecule has 2 fully saturated rings. The van der Waals surface area contributed by atoms with Gasteiger partial charge in [-0.3, -0.25) is 9.69 Å². The van der Waals surface area contributed by atoms with Gasteiger partial charge in [0.2, 0.25) is 5.91 Å². The molecule has 0 N–H and O–H groups in total. The molecule has 0 aliphatic carbocycles. The molecule has 5 rings (SSSR count). The van der Waals surface area contributed by atoms with Crippen LogP contribution in [0.1, 0.15) is 45.1 Å². The van der Waals surface area contributed by atoms with Gasteiger partial charge in [-0.25, -0.2) is 0 Å². The molecule has 0 unspecified atom stereocenters. The van der Waals surface area contributed by atoms with Crippen molar-refractivity contribution in [2.24, 2.45) is 0 Å². The largest absolute Gasteiger partial charge is 0.492 e. The van der Waals surface area contributed by atoms with Crippen molar-refractivity contribution < 1.29 is 14.3 Å². The van der Waals surface area contributed by atoms with Gasteiger partial charge in [-0.15, -0.1) is 10.2 Å². The first-order chi connectivity index (χ1) is 17.9. The number of methoxy groups -OCH3 is 1. The van der Waals surface area contributed by atoms with Crippen LogP contribution in [0.15, 0.2) is 36.4 Å². The van der Waals surface area contributed by atoms with Gasteiger partial charge >= 0.3 is 6.01 Å². The Hall–Kier alpha value is -3.40. The van der Waals surface area contributed by atoms with E-state index >= 15 is 0 Å². The highest BCUT2D eigenvalue weighted by molar-refractivity contribution is 5.73. The van der Waals surface area contributed by atoms with E-state index in [0.717, 1.165) is 57.1 Å². The van der Waals surface area contributed by atoms with Crippen molar-refractivity contribution in [2.45, 2.75) is 51.6 Å². The molecule has 10 heteroatoms. The third-order valence-electron chi connectivity index (χ3n) is 7.74. The number of hydrogen-bond donors (Lipinski definition) is 0. The van der Waals surface area contributed by atoms with Crippen LogP contribution in [-0.4, -0.2) is 94.0 Å². The van der Waals surface area contributed by atoms with E-state index in [-0.39, 0.29) is 5.91 Å². The molecule has 0 spiro atoms. The van der Waals surface area contributed by atoms with Crippen molar-refractivity contribution in [3.8, 4) is 11.8 Å². The van der Waals surface area contributed by atoms with Crippen LogP contribution < -0.4 is 14.4 Å². The van der Waals surface area contributed by atoms with Crippen LogP contribution in [0.3, 0.4) is 0 Å². The zero-order valence-electron chi connectivity index (χ0n) is 22.2. The summed E-state index contributed by atoms with van der Waals surface area (Å²) in [7, 11) is 1.58. The van der Waals surface area contributed by atoms with E-state index in [2.05, 4.69) is 63.2 Å². The normalized spacial score (nSPS) is 21.4. The van der Waals surface area contributed by atoms with Crippen molar-refractivity contribution in [3.63, 3.8) is 0 Å². The maximum atomic E-state index is 11.7. The van der Waals surface area contributed by atoms with E-state index in [0.29, 0.717) is 36.3 Å². The molecule has 4 heterocycles. The third kappa shape index (κ3) is 5.49. The van der Waals surface area contributed by atoms with Gasteiger partial charge < -0.3 is 19.3 Å². The van der Waals surface area contributed by atoms with Gasteiger partial charge in [0.05, 0.1) is 7.11 Å². The molecule has 2 saturated heterocycles. The quantitative estimate of drug-likeness (QED) is 0.483. The van der Waals surface area contributed by atoms with Crippen LogP contribution in [0.2, 0.25) is 0 Å². The van der Waals surface area contributed by atoms with Crippen LogP contribution in [-0.2, 0) is 4.79 Å². The van der Waals surface area contributed by atoms with Gasteiger partial charge in [0, 0.05) is 51.7 Å². The second kappa shape index (κ2) is 10.9. The van der Waals surface area contributed by atoms with Gasteiger partial charge in [-0.2, -0.15) is 4.52 Å². The number of fused-ring (bicyclic) bond motifs is 1. The number of aromatic nitrogens is 4. The average Bonchev–Trinajstić information content (AvgIpc) is 3.33. The second-order valence-corrected chi connectivity index (χ2v) is 10.2. The summed E-state index contributed by atoms with van der Waals surface area (Å²) in [4.78, 5) is 18.4. The maximum Gasteiger partial charge on any atom is 0.338 e. The molecule has 0 saturated carbocycles. The number of rotatable bonds is 7. The average molecular weight is 508 g/mol. The topological polar surface area (TPSA) is 88.3 Å². The van der Waals surface area contributed by atoms with Crippen LogP contribution in [0, 0.1) is 0 Å². The predicted molar refractivity (Wildman–Crippen MR) is 141 cm³/mol. The molecule has 0 bridgehead atoms. The minimum Gasteiger partial charge on any atom is -0.492 e. The van der Waals surface area contributed by atoms with Crippen LogP contribution >= 0.6 is 0 Å². The van der Waals surface area contributed by atoms with E-state index in [9.17, 15) is 4.79 Å². The molecule has 2 atom stereocenters. The van der Waals surface area contributed by atoms with E-state index in [1.807, 2.05) is 17.0 Å². The Labute approximate surface area is 218 Å². The molecule has 1 amide bonds. The Morgan fingerprint density at radius 3 is 2.35 bits per heavy atom. The first-order valence-electron chi connectivity index (χ1n) is 13.2. The van der Waals surface area contributed by atoms with Gasteiger partial charge in [0.1, 0.15) is 18.2 Å². The highest BCUT2D eigenvalue weighted by Crippen LogP contribution is 2.31. The van der Waals surface area contributed by atoms with Crippen molar-refractivity contribution in [1.29, 1.82) is 0 Å². The monoisotopic (exact) mass is 507 g/mol. The number of benzene rings is 1. The number of nitrogens with zero attached hydrogens (tertiary/aromatic N) is 7. The molecule has 3 aromatic rings. The fourth-order valence-electron chi connectivity index (χ4n) is 5.66. The van der Waals surface area contributed by atoms with E-state index in [1.165, 1.54) is 5.56 Å². The fraction of sp³-hybridized carbons (Fsp3) is 0.556. The summed E-state index contributed by atoms with van der Waals surface area (Å²) in [6.07, 6.45) is 2.14. The Balaban J connectivity index is 1.10. The number of carbonyl (C=O) groups excluding carboxylic acids is 1. The Morgan fingerprint density at radius 2 is 1.70 bits per heavy atom. The van der Waals surface area contributed by atoms with E-state index in [1.54, 1.807) is 18.5 Å². The van der Waals surface area contributed by atoms with Gasteiger partial charge in [0.25, 0.3) is 0 Å². The minimum absolute atomic E-state index is 0.159. The fourth-order valence-corrected chi connectivity index (χ4v) is 5.66. The molecule has 2 aliphatic heterocycles. The first-order valence-corrected chi connectivity index (χ1v) is 13.2. The molecular weight excluding hydrogens is 470 g/mol. The van der Waals surface area contributed by atoms with Gasteiger partial charge in [0.15, 0.2) is 5.65 Å². The molecule has 0 radical (unpaired) electrons. The smallest absolute Gasteiger partial charge is 0.338 e. The standard InChI is InChI=1S/C27H37N7O3/c1-19-17-32(21(3)35)18-20(2)33(19)15-16-37-24-7-5-22(6-8-24)23-11-13-31(14-12-23)26-10-9-25-28-29-27(36-4)34(25)30-26/h5-10,19-20,23H,11-18H2,1-4H3/t19-,20+. The number of carbonyl (C=O) groups is 1. The molecule has 2 aliphatic rings. The SMILES string of the molecule is COc1nnc2ccc(N3CCC(c4ccc(OCCN5[C@H](C)CN(C(C)=O)C[C@@H]5C)cc4)CC3)nn12. The summed E-state index contributed by atoms with van der Waals surface area (Å²) < 4.78 is 13.0. The summed E-state index contributed by atoms with van der Waals surface area (Å²) in [5.74, 6) is 2.51. The first kappa shape index (κ1) is 25.3. The van der Waals surface area contributed by atoms with Gasteiger partial charge in [-0.05, 0) is 62.4 Å². The minimum atomic E-state index is 0.159. The molecule has 198 valence electrons. The molecule has 1 aromatic carbocycles. The summed E-state index contributed by atoms with van der Waals surface area (Å²) in [6.45, 7) is 11.0. The summed E-state index contributed by atoms with van der Waals surface area (Å²) >= 11 is 0. The van der Waals surface area contributed by atoms with Gasteiger partial charge in [-0.1, -0.05) is 17.2 Å². The lowest BCUT2D eigenvalue weighted by Crippen LogP contribution is -2.58. The van der Waals surface area contributed by atoms with E-state index < -0.39 is 0 Å². The maximum absolute atomic E-state index is 11.7. The number of ether oxygens (including phenoxy) is 2. The Kier molecular flexibility index (Phi) is 7.45. The number of hydrogen-bond acceptors (Lipinski definition) is 8. The summed E-state index contributed by atoms with van der Waals surface area (Å²) in [5.41, 5.74) is 2.04. The van der Waals surface area contributed by atoms with E-state index in [4.69, 9.17) is 9.47 Å². The van der Waals surface area contributed by atoms with Crippen LogP contribution in [0.4, 0.5) is 5.82 Å². The lowest BCUT2D eigenvalue weighted by Gasteiger charge is -2.44.